The standard InChI is InChI=1S/C18H20N2O3S/c1-18(2,3)24(22,23)20-14-8-9-16(21)15(20)10-12-11-6-4-5-7-13(11)19-17(12)14/h4-9,14-15,19H,10H2,1-3H3. The molecule has 3 heterocycles. The molecule has 0 saturated carbocycles. The van der Waals surface area contributed by atoms with Crippen LogP contribution in [0.1, 0.15) is 38.1 Å². The molecule has 4 rings (SSSR count). The van der Waals surface area contributed by atoms with Crippen molar-refractivity contribution in [1.82, 2.24) is 9.29 Å². The molecule has 2 atom stereocenters. The first-order valence-electron chi connectivity index (χ1n) is 8.06. The molecule has 2 unspecified atom stereocenters. The Hall–Kier alpha value is -1.92. The lowest BCUT2D eigenvalue weighted by Gasteiger charge is -2.43. The van der Waals surface area contributed by atoms with Crippen molar-refractivity contribution in [3.05, 3.63) is 47.7 Å². The van der Waals surface area contributed by atoms with Crippen molar-refractivity contribution < 1.29 is 13.2 Å². The summed E-state index contributed by atoms with van der Waals surface area (Å²) in [6.07, 6.45) is 3.64. The van der Waals surface area contributed by atoms with E-state index < -0.39 is 26.9 Å². The van der Waals surface area contributed by atoms with Crippen LogP contribution in [0.5, 0.6) is 0 Å². The number of benzene rings is 1. The van der Waals surface area contributed by atoms with Crippen molar-refractivity contribution in [3.8, 4) is 0 Å². The van der Waals surface area contributed by atoms with Crippen molar-refractivity contribution in [3.63, 3.8) is 0 Å². The van der Waals surface area contributed by atoms with Gasteiger partial charge >= 0.3 is 0 Å². The molecule has 24 heavy (non-hydrogen) atoms. The molecule has 2 bridgehead atoms. The van der Waals surface area contributed by atoms with Crippen LogP contribution in [0.2, 0.25) is 0 Å². The van der Waals surface area contributed by atoms with E-state index in [2.05, 4.69) is 4.98 Å². The number of H-pyrrole nitrogens is 1. The summed E-state index contributed by atoms with van der Waals surface area (Å²) in [5.41, 5.74) is 2.91. The second-order valence-corrected chi connectivity index (χ2v) is 10.0. The van der Waals surface area contributed by atoms with E-state index in [1.165, 1.54) is 10.4 Å². The Morgan fingerprint density at radius 3 is 2.62 bits per heavy atom. The average molecular weight is 344 g/mol. The van der Waals surface area contributed by atoms with Gasteiger partial charge in [-0.05, 0) is 44.9 Å². The van der Waals surface area contributed by atoms with Crippen LogP contribution < -0.4 is 0 Å². The molecule has 0 saturated heterocycles. The molecule has 0 amide bonds. The summed E-state index contributed by atoms with van der Waals surface area (Å²) in [5.74, 6) is -0.144. The summed E-state index contributed by atoms with van der Waals surface area (Å²) in [4.78, 5) is 15.8. The van der Waals surface area contributed by atoms with Crippen molar-refractivity contribution in [1.29, 1.82) is 0 Å². The molecule has 2 aliphatic rings. The normalized spacial score (nSPS) is 24.4. The number of carbonyl (C=O) groups is 1. The highest BCUT2D eigenvalue weighted by atomic mass is 32.2. The number of ketones is 1. The Labute approximate surface area is 141 Å². The molecule has 1 aromatic carbocycles. The zero-order valence-electron chi connectivity index (χ0n) is 13.9. The van der Waals surface area contributed by atoms with Crippen LogP contribution in [0.3, 0.4) is 0 Å². The number of aromatic nitrogens is 1. The smallest absolute Gasteiger partial charge is 0.220 e. The van der Waals surface area contributed by atoms with E-state index in [0.717, 1.165) is 22.2 Å². The number of para-hydroxylation sites is 1. The highest BCUT2D eigenvalue weighted by Gasteiger charge is 2.50. The fourth-order valence-corrected chi connectivity index (χ4v) is 5.26. The SMILES string of the molecule is CC(C)(C)S(=O)(=O)N1C2Cc3c([nH]c4ccccc34)C1C=CC2=O. The highest BCUT2D eigenvalue weighted by Crippen LogP contribution is 2.43. The third kappa shape index (κ3) is 1.96. The van der Waals surface area contributed by atoms with Crippen molar-refractivity contribution in [2.45, 2.75) is 44.0 Å². The average Bonchev–Trinajstić information content (AvgIpc) is 2.88. The van der Waals surface area contributed by atoms with Gasteiger partial charge in [0, 0.05) is 16.6 Å². The van der Waals surface area contributed by atoms with Crippen molar-refractivity contribution >= 4 is 26.7 Å². The quantitative estimate of drug-likeness (QED) is 0.865. The number of aromatic amines is 1. The molecule has 1 aromatic heterocycles. The van der Waals surface area contributed by atoms with Gasteiger partial charge in [-0.15, -0.1) is 0 Å². The van der Waals surface area contributed by atoms with Crippen LogP contribution >= 0.6 is 0 Å². The number of fused-ring (bicyclic) bond motifs is 6. The number of nitrogens with zero attached hydrogens (tertiary/aromatic N) is 1. The van der Waals surface area contributed by atoms with E-state index in [1.807, 2.05) is 24.3 Å². The van der Waals surface area contributed by atoms with E-state index in [-0.39, 0.29) is 5.78 Å². The van der Waals surface area contributed by atoms with E-state index in [1.54, 1.807) is 26.8 Å². The first-order chi connectivity index (χ1) is 11.2. The van der Waals surface area contributed by atoms with E-state index in [9.17, 15) is 13.2 Å². The summed E-state index contributed by atoms with van der Waals surface area (Å²) in [7, 11) is -3.63. The number of hydrogen-bond donors (Lipinski definition) is 1. The van der Waals surface area contributed by atoms with Crippen LogP contribution in [0.4, 0.5) is 0 Å². The first-order valence-corrected chi connectivity index (χ1v) is 9.50. The molecule has 5 nitrogen and oxygen atoms in total. The topological polar surface area (TPSA) is 70.2 Å². The third-order valence-corrected chi connectivity index (χ3v) is 7.53. The highest BCUT2D eigenvalue weighted by molar-refractivity contribution is 7.90. The van der Waals surface area contributed by atoms with Crippen molar-refractivity contribution in [2.24, 2.45) is 0 Å². The van der Waals surface area contributed by atoms with E-state index in [0.29, 0.717) is 6.42 Å². The summed E-state index contributed by atoms with van der Waals surface area (Å²) in [6.45, 7) is 5.02. The second-order valence-electron chi connectivity index (χ2n) is 7.44. The van der Waals surface area contributed by atoms with Gasteiger partial charge < -0.3 is 4.98 Å². The lowest BCUT2D eigenvalue weighted by Crippen LogP contribution is -2.56. The minimum Gasteiger partial charge on any atom is -0.357 e. The molecule has 6 heteroatoms. The van der Waals surface area contributed by atoms with Gasteiger partial charge in [0.15, 0.2) is 5.78 Å². The summed E-state index contributed by atoms with van der Waals surface area (Å²) in [6, 6.07) is 6.79. The van der Waals surface area contributed by atoms with Gasteiger partial charge in [0.05, 0.1) is 16.8 Å². The lowest BCUT2D eigenvalue weighted by molar-refractivity contribution is -0.119. The zero-order chi connectivity index (χ0) is 17.3. The second kappa shape index (κ2) is 4.80. The Bertz CT molecular complexity index is 979. The Morgan fingerprint density at radius 2 is 1.92 bits per heavy atom. The molecular formula is C18H20N2O3S. The third-order valence-electron chi connectivity index (χ3n) is 4.94. The zero-order valence-corrected chi connectivity index (χ0v) is 14.7. The van der Waals surface area contributed by atoms with Crippen molar-refractivity contribution in [2.75, 3.05) is 0 Å². The fraction of sp³-hybridized carbons (Fsp3) is 0.389. The predicted octanol–water partition coefficient (Wildman–Crippen LogP) is 2.70. The van der Waals surface area contributed by atoms with Gasteiger partial charge in [-0.2, -0.15) is 4.31 Å². The van der Waals surface area contributed by atoms with Crippen LogP contribution in [0, 0.1) is 0 Å². The molecule has 126 valence electrons. The van der Waals surface area contributed by atoms with Gasteiger partial charge in [0.25, 0.3) is 0 Å². The molecule has 1 N–H and O–H groups in total. The number of hydrogen-bond acceptors (Lipinski definition) is 3. The molecule has 2 aromatic rings. The Kier molecular flexibility index (Phi) is 3.12. The fourth-order valence-electron chi connectivity index (χ4n) is 3.64. The molecular weight excluding hydrogens is 324 g/mol. The summed E-state index contributed by atoms with van der Waals surface area (Å²) < 4.78 is 26.7. The van der Waals surface area contributed by atoms with Gasteiger partial charge in [0.2, 0.25) is 10.0 Å². The van der Waals surface area contributed by atoms with E-state index >= 15 is 0 Å². The van der Waals surface area contributed by atoms with Crippen LogP contribution in [-0.2, 0) is 21.2 Å². The van der Waals surface area contributed by atoms with Gasteiger partial charge in [-0.1, -0.05) is 24.3 Å². The van der Waals surface area contributed by atoms with Crippen LogP contribution in [0.25, 0.3) is 10.9 Å². The van der Waals surface area contributed by atoms with Gasteiger partial charge in [0.1, 0.15) is 0 Å². The molecule has 0 aliphatic carbocycles. The first kappa shape index (κ1) is 15.6. The maximum Gasteiger partial charge on any atom is 0.220 e. The minimum absolute atomic E-state index is 0.144. The van der Waals surface area contributed by atoms with Gasteiger partial charge in [-0.25, -0.2) is 8.42 Å². The molecule has 0 radical (unpaired) electrons. The molecule has 0 fully saturated rings. The Morgan fingerprint density at radius 1 is 1.21 bits per heavy atom. The molecule has 0 spiro atoms. The lowest BCUT2D eigenvalue weighted by atomic mass is 9.88. The number of nitrogens with one attached hydrogen (secondary N) is 1. The largest absolute Gasteiger partial charge is 0.357 e. The summed E-state index contributed by atoms with van der Waals surface area (Å²) >= 11 is 0. The minimum atomic E-state index is -3.63. The van der Waals surface area contributed by atoms with Crippen LogP contribution in [-0.4, -0.2) is 34.3 Å². The maximum atomic E-state index is 13.1. The Balaban J connectivity index is 1.97. The predicted molar refractivity (Wildman–Crippen MR) is 93.2 cm³/mol. The summed E-state index contributed by atoms with van der Waals surface area (Å²) in [5, 5.41) is 1.07. The maximum absolute atomic E-state index is 13.1. The number of carbonyl (C=O) groups excluding carboxylic acids is 1. The van der Waals surface area contributed by atoms with Crippen LogP contribution in [0.15, 0.2) is 36.4 Å². The van der Waals surface area contributed by atoms with E-state index in [4.69, 9.17) is 0 Å². The van der Waals surface area contributed by atoms with Gasteiger partial charge in [-0.3, -0.25) is 4.79 Å². The number of rotatable bonds is 1. The monoisotopic (exact) mass is 344 g/mol. The number of sulfonamides is 1. The molecule has 2 aliphatic heterocycles.